The molecule has 0 aromatic heterocycles. The lowest BCUT2D eigenvalue weighted by molar-refractivity contribution is -0.0397. The van der Waals surface area contributed by atoms with Crippen LogP contribution in [0.4, 0.5) is 0 Å². The van der Waals surface area contributed by atoms with E-state index >= 15 is 0 Å². The Morgan fingerprint density at radius 1 is 1.16 bits per heavy atom. The van der Waals surface area contributed by atoms with E-state index < -0.39 is 13.5 Å². The average molecular weight is 368 g/mol. The summed E-state index contributed by atoms with van der Waals surface area (Å²) in [5, 5.41) is 10.2. The highest BCUT2D eigenvalue weighted by molar-refractivity contribution is 7.57. The van der Waals surface area contributed by atoms with Gasteiger partial charge in [0.15, 0.2) is 0 Å². The minimum Gasteiger partial charge on any atom is -0.481 e. The van der Waals surface area contributed by atoms with Crippen LogP contribution in [0.1, 0.15) is 45.1 Å². The van der Waals surface area contributed by atoms with Crippen molar-refractivity contribution >= 4 is 7.60 Å². The van der Waals surface area contributed by atoms with Crippen LogP contribution in [0.3, 0.4) is 0 Å². The monoisotopic (exact) mass is 368 g/mol. The summed E-state index contributed by atoms with van der Waals surface area (Å²) in [7, 11) is -0.913. The maximum atomic E-state index is 12.1. The van der Waals surface area contributed by atoms with Crippen molar-refractivity contribution in [3.05, 3.63) is 47.7 Å². The van der Waals surface area contributed by atoms with Crippen molar-refractivity contribution < 1.29 is 23.5 Å². The highest BCUT2D eigenvalue weighted by atomic mass is 31.2. The Labute approximate surface area is 150 Å². The van der Waals surface area contributed by atoms with Crippen LogP contribution in [0.15, 0.2) is 42.1 Å². The first-order valence-electron chi connectivity index (χ1n) is 8.67. The topological polar surface area (TPSA) is 65.0 Å². The predicted octanol–water partition coefficient (Wildman–Crippen LogP) is 5.38. The molecule has 0 saturated heterocycles. The van der Waals surface area contributed by atoms with Crippen molar-refractivity contribution in [2.45, 2.75) is 51.0 Å². The molecule has 1 N–H and O–H groups in total. The van der Waals surface area contributed by atoms with Crippen LogP contribution < -0.4 is 0 Å². The van der Waals surface area contributed by atoms with Gasteiger partial charge in [-0.15, -0.1) is 0 Å². The molecule has 140 valence electrons. The number of aliphatic hydroxyl groups is 1. The van der Waals surface area contributed by atoms with Crippen molar-refractivity contribution in [3.8, 4) is 0 Å². The van der Waals surface area contributed by atoms with Crippen molar-refractivity contribution in [3.63, 3.8) is 0 Å². The predicted molar refractivity (Wildman–Crippen MR) is 98.6 cm³/mol. The lowest BCUT2D eigenvalue weighted by Gasteiger charge is -2.42. The van der Waals surface area contributed by atoms with Gasteiger partial charge in [0, 0.05) is 20.1 Å². The summed E-state index contributed by atoms with van der Waals surface area (Å²) in [6.45, 7) is 4.43. The van der Waals surface area contributed by atoms with E-state index in [1.165, 1.54) is 19.8 Å². The first-order valence-corrected chi connectivity index (χ1v) is 10.3. The molecule has 0 spiro atoms. The quantitative estimate of drug-likeness (QED) is 0.517. The number of ether oxygens (including phenoxy) is 1. The molecule has 0 bridgehead atoms. The molecule has 1 aromatic rings. The number of hydrogen-bond acceptors (Lipinski definition) is 5. The third-order valence-electron chi connectivity index (χ3n) is 5.20. The fourth-order valence-electron chi connectivity index (χ4n) is 3.65. The van der Waals surface area contributed by atoms with E-state index in [1.54, 1.807) is 0 Å². The van der Waals surface area contributed by atoms with Gasteiger partial charge in [0.25, 0.3) is 5.95 Å². The molecular weight excluding hydrogens is 339 g/mol. The SMILES string of the molecule is COP(=O)(/C=C(/O)O[C@H]1CCCC[C@@H]1C(C)(C)c1ccccc1)OC. The molecule has 1 aromatic carbocycles. The second-order valence-corrected chi connectivity index (χ2v) is 9.08. The van der Waals surface area contributed by atoms with Crippen LogP contribution in [0.5, 0.6) is 0 Å². The van der Waals surface area contributed by atoms with Gasteiger partial charge in [-0.05, 0) is 30.2 Å². The zero-order valence-corrected chi connectivity index (χ0v) is 16.4. The highest BCUT2D eigenvalue weighted by Crippen LogP contribution is 2.49. The van der Waals surface area contributed by atoms with Crippen molar-refractivity contribution in [2.24, 2.45) is 5.92 Å². The molecule has 25 heavy (non-hydrogen) atoms. The first-order chi connectivity index (χ1) is 11.8. The van der Waals surface area contributed by atoms with Gasteiger partial charge in [-0.2, -0.15) is 0 Å². The van der Waals surface area contributed by atoms with E-state index in [9.17, 15) is 9.67 Å². The van der Waals surface area contributed by atoms with Gasteiger partial charge in [0.2, 0.25) is 0 Å². The Balaban J connectivity index is 2.21. The minimum absolute atomic E-state index is 0.0984. The highest BCUT2D eigenvalue weighted by Gasteiger charge is 2.40. The molecule has 0 amide bonds. The molecular formula is C19H29O5P. The number of aliphatic hydroxyl groups excluding tert-OH is 1. The summed E-state index contributed by atoms with van der Waals surface area (Å²) in [6, 6.07) is 10.4. The van der Waals surface area contributed by atoms with Gasteiger partial charge in [-0.25, -0.2) is 0 Å². The van der Waals surface area contributed by atoms with Crippen LogP contribution in [-0.4, -0.2) is 25.4 Å². The van der Waals surface area contributed by atoms with Crippen molar-refractivity contribution in [2.75, 3.05) is 14.2 Å². The number of benzene rings is 1. The second-order valence-electron chi connectivity index (χ2n) is 7.01. The van der Waals surface area contributed by atoms with Crippen LogP contribution in [0.25, 0.3) is 0 Å². The molecule has 1 aliphatic carbocycles. The first kappa shape index (κ1) is 20.0. The summed E-state index contributed by atoms with van der Waals surface area (Å²) in [5.41, 5.74) is 1.15. The smallest absolute Gasteiger partial charge is 0.360 e. The standard InChI is InChI=1S/C19H29O5P/c1-19(2,15-10-6-5-7-11-15)16-12-8-9-13-17(16)24-18(20)14-25(21,22-3)23-4/h5-7,10-11,14,16-17,20H,8-9,12-13H2,1-4H3/b18-14-/t16-,17-/m0/s1. The molecule has 0 heterocycles. The lowest BCUT2D eigenvalue weighted by Crippen LogP contribution is -2.40. The molecule has 0 aliphatic heterocycles. The van der Waals surface area contributed by atoms with Crippen LogP contribution >= 0.6 is 7.60 Å². The summed E-state index contributed by atoms with van der Waals surface area (Å²) in [5.74, 6) is 0.880. The zero-order chi connectivity index (χ0) is 18.5. The summed E-state index contributed by atoms with van der Waals surface area (Å²) >= 11 is 0. The molecule has 5 nitrogen and oxygen atoms in total. The molecule has 6 heteroatoms. The molecule has 2 rings (SSSR count). The largest absolute Gasteiger partial charge is 0.481 e. The molecule has 2 atom stereocenters. The Bertz CT molecular complexity index is 618. The number of hydrogen-bond donors (Lipinski definition) is 1. The summed E-state index contributed by atoms with van der Waals surface area (Å²) < 4.78 is 27.6. The average Bonchev–Trinajstić information content (AvgIpc) is 2.62. The fraction of sp³-hybridized carbons (Fsp3) is 0.579. The maximum absolute atomic E-state index is 12.1. The second kappa shape index (κ2) is 8.39. The van der Waals surface area contributed by atoms with E-state index in [0.29, 0.717) is 0 Å². The molecule has 0 radical (unpaired) electrons. The van der Waals surface area contributed by atoms with Gasteiger partial charge >= 0.3 is 7.60 Å². The van der Waals surface area contributed by atoms with Crippen LogP contribution in [0, 0.1) is 5.92 Å². The molecule has 1 fully saturated rings. The van der Waals surface area contributed by atoms with Crippen LogP contribution in [0.2, 0.25) is 0 Å². The number of rotatable bonds is 7. The fourth-order valence-corrected chi connectivity index (χ4v) is 4.34. The van der Waals surface area contributed by atoms with E-state index in [-0.39, 0.29) is 17.4 Å². The van der Waals surface area contributed by atoms with Gasteiger partial charge < -0.3 is 18.9 Å². The van der Waals surface area contributed by atoms with Gasteiger partial charge in [-0.3, -0.25) is 4.57 Å². The molecule has 0 unspecified atom stereocenters. The van der Waals surface area contributed by atoms with E-state index in [0.717, 1.165) is 31.5 Å². The van der Waals surface area contributed by atoms with E-state index in [1.807, 2.05) is 18.2 Å². The summed E-state index contributed by atoms with van der Waals surface area (Å²) in [6.07, 6.45) is 3.91. The Kier molecular flexibility index (Phi) is 6.72. The van der Waals surface area contributed by atoms with Gasteiger partial charge in [0.1, 0.15) is 11.9 Å². The van der Waals surface area contributed by atoms with Gasteiger partial charge in [-0.1, -0.05) is 50.6 Å². The third-order valence-corrected chi connectivity index (χ3v) is 6.75. The maximum Gasteiger partial charge on any atom is 0.360 e. The minimum atomic E-state index is -3.46. The van der Waals surface area contributed by atoms with Crippen molar-refractivity contribution in [1.82, 2.24) is 0 Å². The van der Waals surface area contributed by atoms with E-state index in [2.05, 4.69) is 26.0 Å². The Morgan fingerprint density at radius 3 is 2.36 bits per heavy atom. The van der Waals surface area contributed by atoms with Crippen LogP contribution in [-0.2, 0) is 23.8 Å². The Morgan fingerprint density at radius 2 is 1.76 bits per heavy atom. The third kappa shape index (κ3) is 4.87. The summed E-state index contributed by atoms with van der Waals surface area (Å²) in [4.78, 5) is 0. The molecule has 1 saturated carbocycles. The molecule has 1 aliphatic rings. The van der Waals surface area contributed by atoms with Gasteiger partial charge in [0.05, 0.1) is 0 Å². The lowest BCUT2D eigenvalue weighted by atomic mass is 9.66. The Hall–Kier alpha value is -1.29. The van der Waals surface area contributed by atoms with Crippen molar-refractivity contribution in [1.29, 1.82) is 0 Å². The normalized spacial score (nSPS) is 22.6. The zero-order valence-electron chi connectivity index (χ0n) is 15.5. The van der Waals surface area contributed by atoms with E-state index in [4.69, 9.17) is 13.8 Å².